The summed E-state index contributed by atoms with van der Waals surface area (Å²) < 4.78 is -2.75. The zero-order valence-corrected chi connectivity index (χ0v) is 19.6. The molecule has 152 valence electrons. The first-order chi connectivity index (χ1) is 13.5. The topological polar surface area (TPSA) is 38.7 Å². The molecule has 0 aliphatic rings. The zero-order chi connectivity index (χ0) is 21.5. The fraction of sp³-hybridized carbons (Fsp3) is 0.150. The lowest BCUT2D eigenvalue weighted by Gasteiger charge is -2.09. The molecule has 3 rings (SSSR count). The highest BCUT2D eigenvalue weighted by Crippen LogP contribution is 2.36. The Kier molecular flexibility index (Phi) is 9.02. The summed E-state index contributed by atoms with van der Waals surface area (Å²) in [5.41, 5.74) is 3.04. The molecule has 0 saturated carbocycles. The molecule has 0 bridgehead atoms. The molecule has 0 fully saturated rings. The Hall–Kier alpha value is -1.07. The summed E-state index contributed by atoms with van der Waals surface area (Å²) in [6.07, 6.45) is 5.43. The van der Waals surface area contributed by atoms with Crippen LogP contribution in [0.15, 0.2) is 60.9 Å². The van der Waals surface area contributed by atoms with E-state index in [1.165, 1.54) is 13.3 Å². The van der Waals surface area contributed by atoms with Crippen molar-refractivity contribution >= 4 is 81.8 Å². The minimum Gasteiger partial charge on any atom is -0.217 e. The van der Waals surface area contributed by atoms with Gasteiger partial charge in [-0.05, 0) is 18.1 Å². The highest BCUT2D eigenvalue weighted by atomic mass is 35.6. The maximum Gasteiger partial charge on any atom is 0.250 e. The standard InChI is InChI=1S/C18H12Cl3N3.C2H3Cl3/c19-18(20,21)17-23-12-22-16(24-17)15-10-8-14(9-11-15)7-6-13-4-2-1-3-5-13;1-2(3,4)5/h1-12H;1H3. The van der Waals surface area contributed by atoms with E-state index in [0.717, 1.165) is 16.7 Å². The Morgan fingerprint density at radius 2 is 1.24 bits per heavy atom. The summed E-state index contributed by atoms with van der Waals surface area (Å²) in [4.78, 5) is 12.2. The van der Waals surface area contributed by atoms with Gasteiger partial charge >= 0.3 is 0 Å². The van der Waals surface area contributed by atoms with E-state index in [2.05, 4.69) is 21.0 Å². The number of hydrogen-bond donors (Lipinski definition) is 0. The number of aromatic nitrogens is 3. The van der Waals surface area contributed by atoms with E-state index in [0.29, 0.717) is 5.82 Å². The minimum atomic E-state index is -1.67. The second kappa shape index (κ2) is 10.8. The molecule has 2 aromatic carbocycles. The highest BCUT2D eigenvalue weighted by molar-refractivity contribution is 6.67. The van der Waals surface area contributed by atoms with E-state index in [1.807, 2.05) is 60.7 Å². The molecular weight excluding hydrogens is 495 g/mol. The third-order valence-electron chi connectivity index (χ3n) is 3.26. The van der Waals surface area contributed by atoms with Gasteiger partial charge in [0.1, 0.15) is 6.33 Å². The van der Waals surface area contributed by atoms with E-state index >= 15 is 0 Å². The number of alkyl halides is 6. The maximum atomic E-state index is 5.81. The van der Waals surface area contributed by atoms with Gasteiger partial charge in [-0.3, -0.25) is 0 Å². The summed E-state index contributed by atoms with van der Waals surface area (Å²) in [7, 11) is 0. The predicted molar refractivity (Wildman–Crippen MR) is 126 cm³/mol. The lowest BCUT2D eigenvalue weighted by atomic mass is 10.1. The van der Waals surface area contributed by atoms with E-state index in [4.69, 9.17) is 69.6 Å². The molecule has 29 heavy (non-hydrogen) atoms. The lowest BCUT2D eigenvalue weighted by molar-refractivity contribution is 0.924. The quantitative estimate of drug-likeness (QED) is 0.266. The van der Waals surface area contributed by atoms with Crippen molar-refractivity contribution in [3.63, 3.8) is 0 Å². The van der Waals surface area contributed by atoms with Crippen molar-refractivity contribution in [3.05, 3.63) is 77.9 Å². The van der Waals surface area contributed by atoms with Crippen LogP contribution in [-0.4, -0.2) is 18.7 Å². The van der Waals surface area contributed by atoms with Crippen LogP contribution < -0.4 is 0 Å². The predicted octanol–water partition coefficient (Wildman–Crippen LogP) is 7.91. The third-order valence-corrected chi connectivity index (χ3v) is 3.77. The molecule has 0 N–H and O–H groups in total. The highest BCUT2D eigenvalue weighted by Gasteiger charge is 2.27. The van der Waals surface area contributed by atoms with Crippen LogP contribution in [0.5, 0.6) is 0 Å². The van der Waals surface area contributed by atoms with Crippen LogP contribution in [0.1, 0.15) is 23.9 Å². The Balaban J connectivity index is 0.000000537. The first kappa shape index (κ1) is 24.2. The largest absolute Gasteiger partial charge is 0.250 e. The van der Waals surface area contributed by atoms with E-state index in [-0.39, 0.29) is 5.82 Å². The average molecular weight is 510 g/mol. The minimum absolute atomic E-state index is 0.102. The molecule has 3 aromatic rings. The maximum absolute atomic E-state index is 5.81. The molecule has 9 heteroatoms. The summed E-state index contributed by atoms with van der Waals surface area (Å²) in [6.45, 7) is 1.48. The molecule has 0 spiro atoms. The van der Waals surface area contributed by atoms with Gasteiger partial charge in [-0.2, -0.15) is 0 Å². The molecule has 1 aromatic heterocycles. The number of nitrogens with zero attached hydrogens (tertiary/aromatic N) is 3. The van der Waals surface area contributed by atoms with Gasteiger partial charge in [-0.25, -0.2) is 15.0 Å². The molecule has 3 nitrogen and oxygen atoms in total. The Labute approximate surface area is 199 Å². The second-order valence-corrected chi connectivity index (χ2v) is 10.9. The van der Waals surface area contributed by atoms with E-state index < -0.39 is 7.59 Å². The fourth-order valence-corrected chi connectivity index (χ4v) is 2.35. The average Bonchev–Trinajstić information content (AvgIpc) is 2.66. The number of rotatable bonds is 3. The lowest BCUT2D eigenvalue weighted by Crippen LogP contribution is -2.08. The molecule has 0 aliphatic carbocycles. The smallest absolute Gasteiger partial charge is 0.217 e. The zero-order valence-electron chi connectivity index (χ0n) is 15.0. The summed E-state index contributed by atoms with van der Waals surface area (Å²) >= 11 is 32.6. The van der Waals surface area contributed by atoms with Gasteiger partial charge in [0.25, 0.3) is 0 Å². The summed E-state index contributed by atoms with van der Waals surface area (Å²) in [5.74, 6) is 0.565. The molecule has 0 atom stereocenters. The normalized spacial score (nSPS) is 11.8. The second-order valence-electron chi connectivity index (χ2n) is 5.78. The van der Waals surface area contributed by atoms with Gasteiger partial charge in [0.2, 0.25) is 3.79 Å². The molecule has 0 saturated heterocycles. The molecule has 0 radical (unpaired) electrons. The Bertz CT molecular complexity index is 927. The van der Waals surface area contributed by atoms with Gasteiger partial charge in [0.15, 0.2) is 15.4 Å². The fourth-order valence-electron chi connectivity index (χ4n) is 2.07. The van der Waals surface area contributed by atoms with Crippen LogP contribution in [0.2, 0.25) is 0 Å². The SMILES string of the molecule is CC(Cl)(Cl)Cl.ClC(Cl)(Cl)c1ncnc(-c2ccc(C=Cc3ccccc3)cc2)n1. The van der Waals surface area contributed by atoms with Crippen LogP contribution in [0.25, 0.3) is 23.5 Å². The Morgan fingerprint density at radius 1 is 0.724 bits per heavy atom. The monoisotopic (exact) mass is 507 g/mol. The van der Waals surface area contributed by atoms with Crippen molar-refractivity contribution in [3.8, 4) is 11.4 Å². The van der Waals surface area contributed by atoms with Gasteiger partial charge < -0.3 is 0 Å². The first-order valence-electron chi connectivity index (χ1n) is 8.19. The molecule has 1 heterocycles. The first-order valence-corrected chi connectivity index (χ1v) is 10.5. The molecule has 0 amide bonds. The van der Waals surface area contributed by atoms with Gasteiger partial charge in [-0.15, -0.1) is 0 Å². The van der Waals surface area contributed by atoms with Crippen LogP contribution in [-0.2, 0) is 3.79 Å². The van der Waals surface area contributed by atoms with Gasteiger partial charge in [0.05, 0.1) is 0 Å². The summed E-state index contributed by atoms with van der Waals surface area (Å²) in [5, 5.41) is 0. The van der Waals surface area contributed by atoms with E-state index in [9.17, 15) is 0 Å². The summed E-state index contributed by atoms with van der Waals surface area (Å²) in [6, 6.07) is 17.9. The van der Waals surface area contributed by atoms with Gasteiger partial charge in [0, 0.05) is 5.56 Å². The molecular formula is C20H15Cl6N3. The molecule has 0 aliphatic heterocycles. The van der Waals surface area contributed by atoms with Crippen molar-refractivity contribution in [1.29, 1.82) is 0 Å². The van der Waals surface area contributed by atoms with Crippen molar-refractivity contribution in [2.75, 3.05) is 0 Å². The Morgan fingerprint density at radius 3 is 1.76 bits per heavy atom. The van der Waals surface area contributed by atoms with Crippen LogP contribution in [0.4, 0.5) is 0 Å². The van der Waals surface area contributed by atoms with Crippen LogP contribution in [0.3, 0.4) is 0 Å². The van der Waals surface area contributed by atoms with E-state index in [1.54, 1.807) is 0 Å². The van der Waals surface area contributed by atoms with Crippen molar-refractivity contribution in [2.24, 2.45) is 0 Å². The van der Waals surface area contributed by atoms with Crippen LogP contribution in [0, 0.1) is 0 Å². The number of halogens is 6. The van der Waals surface area contributed by atoms with Crippen LogP contribution >= 0.6 is 69.6 Å². The van der Waals surface area contributed by atoms with Crippen molar-refractivity contribution in [2.45, 2.75) is 14.5 Å². The number of benzene rings is 2. The van der Waals surface area contributed by atoms with Gasteiger partial charge in [-0.1, -0.05) is 136 Å². The van der Waals surface area contributed by atoms with Crippen molar-refractivity contribution in [1.82, 2.24) is 15.0 Å². The number of hydrogen-bond acceptors (Lipinski definition) is 3. The van der Waals surface area contributed by atoms with Crippen molar-refractivity contribution < 1.29 is 0 Å². The molecule has 0 unspecified atom stereocenters. The third kappa shape index (κ3) is 9.52.